The van der Waals surface area contributed by atoms with E-state index in [0.717, 1.165) is 22.2 Å². The molecule has 102 valence electrons. The van der Waals surface area contributed by atoms with Gasteiger partial charge < -0.3 is 14.8 Å². The summed E-state index contributed by atoms with van der Waals surface area (Å²) in [7, 11) is 1.60. The van der Waals surface area contributed by atoms with Gasteiger partial charge in [0.05, 0.1) is 24.1 Å². The zero-order chi connectivity index (χ0) is 14.2. The molecular formula is C14H16ClNO3. The summed E-state index contributed by atoms with van der Waals surface area (Å²) >= 11 is 6.22. The maximum absolute atomic E-state index is 10.8. The molecule has 2 rings (SSSR count). The number of carbonyl (C=O) groups is 1. The Hall–Kier alpha value is -1.68. The van der Waals surface area contributed by atoms with E-state index in [0.29, 0.717) is 10.8 Å². The minimum atomic E-state index is -0.816. The molecule has 0 saturated carbocycles. The van der Waals surface area contributed by atoms with Crippen LogP contribution < -0.4 is 4.74 Å². The molecule has 19 heavy (non-hydrogen) atoms. The second kappa shape index (κ2) is 5.13. The minimum Gasteiger partial charge on any atom is -0.495 e. The molecule has 2 N–H and O–H groups in total. The van der Waals surface area contributed by atoms with E-state index >= 15 is 0 Å². The van der Waals surface area contributed by atoms with Crippen molar-refractivity contribution < 1.29 is 14.6 Å². The summed E-state index contributed by atoms with van der Waals surface area (Å²) in [5, 5.41) is 10.4. The number of methoxy groups -OCH3 is 1. The van der Waals surface area contributed by atoms with E-state index in [1.54, 1.807) is 19.2 Å². The molecule has 1 heterocycles. The van der Waals surface area contributed by atoms with Crippen LogP contribution in [-0.4, -0.2) is 23.2 Å². The highest BCUT2D eigenvalue weighted by Crippen LogP contribution is 2.37. The summed E-state index contributed by atoms with van der Waals surface area (Å²) in [5.74, 6) is -0.217. The Labute approximate surface area is 116 Å². The van der Waals surface area contributed by atoms with Crippen LogP contribution in [0.1, 0.15) is 30.5 Å². The summed E-state index contributed by atoms with van der Waals surface area (Å²) in [6, 6.07) is 3.58. The zero-order valence-electron chi connectivity index (χ0n) is 11.1. The Kier molecular flexibility index (Phi) is 3.71. The van der Waals surface area contributed by atoms with Gasteiger partial charge in [-0.05, 0) is 24.6 Å². The number of aromatic nitrogens is 1. The number of H-pyrrole nitrogens is 1. The number of carboxylic acid groups (broad SMARTS) is 1. The molecule has 0 amide bonds. The molecule has 5 heteroatoms. The van der Waals surface area contributed by atoms with Gasteiger partial charge in [-0.3, -0.25) is 4.79 Å². The van der Waals surface area contributed by atoms with Crippen molar-refractivity contribution in [3.05, 3.63) is 28.4 Å². The molecule has 1 aromatic heterocycles. The molecule has 0 bridgehead atoms. The zero-order valence-corrected chi connectivity index (χ0v) is 11.8. The van der Waals surface area contributed by atoms with Crippen LogP contribution in [0.25, 0.3) is 10.9 Å². The van der Waals surface area contributed by atoms with Crippen LogP contribution in [0, 0.1) is 6.92 Å². The van der Waals surface area contributed by atoms with Gasteiger partial charge in [-0.25, -0.2) is 0 Å². The van der Waals surface area contributed by atoms with Crippen molar-refractivity contribution in [3.8, 4) is 5.75 Å². The Bertz CT molecular complexity index is 633. The number of rotatable bonds is 4. The number of halogens is 1. The van der Waals surface area contributed by atoms with Gasteiger partial charge in [-0.1, -0.05) is 18.5 Å². The molecule has 4 nitrogen and oxygen atoms in total. The van der Waals surface area contributed by atoms with E-state index in [2.05, 4.69) is 4.98 Å². The molecule has 0 radical (unpaired) electrons. The maximum atomic E-state index is 10.8. The average Bonchev–Trinajstić information content (AvgIpc) is 2.68. The monoisotopic (exact) mass is 281 g/mol. The van der Waals surface area contributed by atoms with Crippen molar-refractivity contribution >= 4 is 28.5 Å². The van der Waals surface area contributed by atoms with Crippen LogP contribution >= 0.6 is 11.6 Å². The third kappa shape index (κ3) is 2.40. The van der Waals surface area contributed by atoms with Gasteiger partial charge in [0.25, 0.3) is 0 Å². The number of ether oxygens (including phenoxy) is 1. The smallest absolute Gasteiger partial charge is 0.304 e. The molecule has 1 atom stereocenters. The van der Waals surface area contributed by atoms with Gasteiger partial charge in [0, 0.05) is 17.0 Å². The lowest BCUT2D eigenvalue weighted by Crippen LogP contribution is -2.04. The van der Waals surface area contributed by atoms with Crippen molar-refractivity contribution in [2.75, 3.05) is 7.11 Å². The minimum absolute atomic E-state index is 0.0770. The van der Waals surface area contributed by atoms with Crippen molar-refractivity contribution in [2.24, 2.45) is 0 Å². The van der Waals surface area contributed by atoms with Gasteiger partial charge in [0.15, 0.2) is 0 Å². The molecule has 1 aromatic carbocycles. The normalized spacial score (nSPS) is 12.6. The molecule has 0 aliphatic carbocycles. The molecule has 0 spiro atoms. The Balaban J connectivity index is 2.62. The highest BCUT2D eigenvalue weighted by atomic mass is 35.5. The van der Waals surface area contributed by atoms with Crippen LogP contribution in [-0.2, 0) is 4.79 Å². The number of nitrogens with one attached hydrogen (secondary N) is 1. The fourth-order valence-electron chi connectivity index (χ4n) is 2.44. The van der Waals surface area contributed by atoms with Gasteiger partial charge in [0.2, 0.25) is 0 Å². The highest BCUT2D eigenvalue weighted by molar-refractivity contribution is 6.36. The maximum Gasteiger partial charge on any atom is 0.304 e. The largest absolute Gasteiger partial charge is 0.495 e. The van der Waals surface area contributed by atoms with Crippen molar-refractivity contribution in [2.45, 2.75) is 26.2 Å². The molecule has 1 unspecified atom stereocenters. The van der Waals surface area contributed by atoms with Crippen LogP contribution in [0.3, 0.4) is 0 Å². The summed E-state index contributed by atoms with van der Waals surface area (Å²) in [4.78, 5) is 14.1. The molecule has 2 aromatic rings. The second-order valence-electron chi connectivity index (χ2n) is 4.66. The van der Waals surface area contributed by atoms with Crippen molar-refractivity contribution in [1.29, 1.82) is 0 Å². The number of benzene rings is 1. The summed E-state index contributed by atoms with van der Waals surface area (Å²) in [5.41, 5.74) is 2.69. The molecule has 0 saturated heterocycles. The standard InChI is InChI=1S/C14H16ClNO3/c1-7(6-11(17)18)13-8(2)12-9(15)4-5-10(19-3)14(12)16-13/h4-5,7,16H,6H2,1-3H3,(H,17,18). The van der Waals surface area contributed by atoms with E-state index in [9.17, 15) is 4.79 Å². The highest BCUT2D eigenvalue weighted by Gasteiger charge is 2.19. The predicted octanol–water partition coefficient (Wildman–Crippen LogP) is 3.72. The first-order valence-electron chi connectivity index (χ1n) is 6.02. The Morgan fingerprint density at radius 1 is 1.53 bits per heavy atom. The lowest BCUT2D eigenvalue weighted by molar-refractivity contribution is -0.137. The van der Waals surface area contributed by atoms with Crippen LogP contribution in [0.5, 0.6) is 5.75 Å². The predicted molar refractivity (Wildman–Crippen MR) is 75.3 cm³/mol. The average molecular weight is 282 g/mol. The SMILES string of the molecule is COc1ccc(Cl)c2c(C)c(C(C)CC(=O)O)[nH]c12. The number of aryl methyl sites for hydroxylation is 1. The van der Waals surface area contributed by atoms with Crippen LogP contribution in [0.2, 0.25) is 5.02 Å². The molecule has 0 aliphatic heterocycles. The Morgan fingerprint density at radius 3 is 2.79 bits per heavy atom. The number of aliphatic carboxylic acids is 1. The van der Waals surface area contributed by atoms with E-state index in [1.807, 2.05) is 13.8 Å². The lowest BCUT2D eigenvalue weighted by Gasteiger charge is -2.07. The topological polar surface area (TPSA) is 62.3 Å². The quantitative estimate of drug-likeness (QED) is 0.898. The van der Waals surface area contributed by atoms with E-state index in [-0.39, 0.29) is 12.3 Å². The lowest BCUT2D eigenvalue weighted by atomic mass is 10.00. The van der Waals surface area contributed by atoms with Crippen molar-refractivity contribution in [3.63, 3.8) is 0 Å². The van der Waals surface area contributed by atoms with E-state index < -0.39 is 5.97 Å². The third-order valence-corrected chi connectivity index (χ3v) is 3.66. The van der Waals surface area contributed by atoms with E-state index in [4.69, 9.17) is 21.4 Å². The fraction of sp³-hybridized carbons (Fsp3) is 0.357. The number of carboxylic acids is 1. The summed E-state index contributed by atoms with van der Waals surface area (Å²) < 4.78 is 5.31. The first-order valence-corrected chi connectivity index (χ1v) is 6.40. The Morgan fingerprint density at radius 2 is 2.21 bits per heavy atom. The molecular weight excluding hydrogens is 266 g/mol. The van der Waals surface area contributed by atoms with E-state index in [1.165, 1.54) is 0 Å². The van der Waals surface area contributed by atoms with Crippen LogP contribution in [0.4, 0.5) is 0 Å². The third-order valence-electron chi connectivity index (χ3n) is 3.35. The fourth-order valence-corrected chi connectivity index (χ4v) is 2.74. The van der Waals surface area contributed by atoms with Gasteiger partial charge in [-0.15, -0.1) is 0 Å². The van der Waals surface area contributed by atoms with Gasteiger partial charge in [0.1, 0.15) is 5.75 Å². The number of aromatic amines is 1. The van der Waals surface area contributed by atoms with Crippen molar-refractivity contribution in [1.82, 2.24) is 4.98 Å². The number of hydrogen-bond donors (Lipinski definition) is 2. The summed E-state index contributed by atoms with van der Waals surface area (Å²) in [6.45, 7) is 3.82. The molecule has 0 aliphatic rings. The first kappa shape index (κ1) is 13.7. The first-order chi connectivity index (χ1) is 8.95. The molecule has 0 fully saturated rings. The van der Waals surface area contributed by atoms with Crippen LogP contribution in [0.15, 0.2) is 12.1 Å². The second-order valence-corrected chi connectivity index (χ2v) is 5.07. The summed E-state index contributed by atoms with van der Waals surface area (Å²) in [6.07, 6.45) is 0.0770. The van der Waals surface area contributed by atoms with Gasteiger partial charge >= 0.3 is 5.97 Å². The number of fused-ring (bicyclic) bond motifs is 1. The van der Waals surface area contributed by atoms with Gasteiger partial charge in [-0.2, -0.15) is 0 Å². The number of hydrogen-bond acceptors (Lipinski definition) is 2.